The van der Waals surface area contributed by atoms with E-state index in [9.17, 15) is 4.79 Å². The van der Waals surface area contributed by atoms with Crippen LogP contribution in [0.1, 0.15) is 25.0 Å². The number of nitrogens with zero attached hydrogens (tertiary/aromatic N) is 1. The maximum absolute atomic E-state index is 11.5. The molecule has 0 amide bonds. The Labute approximate surface area is 129 Å². The first-order valence-electron chi connectivity index (χ1n) is 7.07. The second kappa shape index (κ2) is 6.93. The molecule has 1 heterocycles. The first kappa shape index (κ1) is 15.8. The maximum atomic E-state index is 11.5. The molecule has 22 heavy (non-hydrogen) atoms. The minimum Gasteiger partial charge on any atom is -0.464 e. The zero-order valence-electron chi connectivity index (χ0n) is 13.0. The number of methoxy groups -OCH3 is 1. The summed E-state index contributed by atoms with van der Waals surface area (Å²) in [5, 5.41) is 13.0. The number of aromatic amines is 1. The molecular weight excluding hydrogens is 280 g/mol. The van der Waals surface area contributed by atoms with Crippen molar-refractivity contribution in [1.82, 2.24) is 4.98 Å². The highest BCUT2D eigenvalue weighted by Crippen LogP contribution is 2.23. The van der Waals surface area contributed by atoms with Crippen LogP contribution in [0.25, 0.3) is 10.9 Å². The fourth-order valence-electron chi connectivity index (χ4n) is 2.35. The number of hydrogen-bond acceptors (Lipinski definition) is 4. The van der Waals surface area contributed by atoms with E-state index >= 15 is 0 Å². The van der Waals surface area contributed by atoms with Crippen LogP contribution in [-0.4, -0.2) is 29.0 Å². The molecule has 0 saturated carbocycles. The lowest BCUT2D eigenvalue weighted by atomic mass is 10.0. The lowest BCUT2D eigenvalue weighted by molar-refractivity contribution is -0.132. The van der Waals surface area contributed by atoms with Gasteiger partial charge in [-0.15, -0.1) is 0 Å². The Kier molecular flexibility index (Phi) is 4.99. The Morgan fingerprint density at radius 1 is 1.36 bits per heavy atom. The smallest absolute Gasteiger partial charge is 0.356 e. The van der Waals surface area contributed by atoms with E-state index in [1.54, 1.807) is 0 Å². The van der Waals surface area contributed by atoms with Gasteiger partial charge in [-0.25, -0.2) is 4.79 Å². The normalized spacial score (nSPS) is 11.5. The number of ether oxygens (including phenoxy) is 1. The van der Waals surface area contributed by atoms with Gasteiger partial charge in [0, 0.05) is 23.5 Å². The number of H-pyrrole nitrogens is 1. The van der Waals surface area contributed by atoms with Crippen molar-refractivity contribution >= 4 is 22.6 Å². The van der Waals surface area contributed by atoms with Crippen molar-refractivity contribution in [2.45, 2.75) is 26.7 Å². The van der Waals surface area contributed by atoms with Crippen LogP contribution in [0.15, 0.2) is 41.2 Å². The van der Waals surface area contributed by atoms with Crippen molar-refractivity contribution in [3.05, 3.63) is 47.2 Å². The van der Waals surface area contributed by atoms with E-state index in [0.29, 0.717) is 0 Å². The van der Waals surface area contributed by atoms with Gasteiger partial charge in [0.2, 0.25) is 0 Å². The van der Waals surface area contributed by atoms with Crippen molar-refractivity contribution in [2.24, 2.45) is 5.16 Å². The topological polar surface area (TPSA) is 74.7 Å². The van der Waals surface area contributed by atoms with Crippen molar-refractivity contribution < 1.29 is 14.7 Å². The molecule has 0 aliphatic carbocycles. The summed E-state index contributed by atoms with van der Waals surface area (Å²) in [6.45, 7) is 4.14. The van der Waals surface area contributed by atoms with Gasteiger partial charge in [-0.3, -0.25) is 0 Å². The van der Waals surface area contributed by atoms with E-state index in [0.717, 1.165) is 22.9 Å². The van der Waals surface area contributed by atoms with Gasteiger partial charge in [0.1, 0.15) is 0 Å². The summed E-state index contributed by atoms with van der Waals surface area (Å²) in [7, 11) is 1.26. The predicted molar refractivity (Wildman–Crippen MR) is 86.4 cm³/mol. The molecule has 0 bridgehead atoms. The number of carbonyl (C=O) groups is 1. The van der Waals surface area contributed by atoms with Gasteiger partial charge in [-0.1, -0.05) is 35.0 Å². The third-order valence-electron chi connectivity index (χ3n) is 3.52. The van der Waals surface area contributed by atoms with Gasteiger partial charge < -0.3 is 14.9 Å². The molecule has 2 aromatic rings. The molecule has 0 aliphatic rings. The minimum absolute atomic E-state index is 0.0156. The van der Waals surface area contributed by atoms with Gasteiger partial charge in [0.05, 0.1) is 7.11 Å². The first-order valence-corrected chi connectivity index (χ1v) is 7.07. The zero-order chi connectivity index (χ0) is 16.1. The third-order valence-corrected chi connectivity index (χ3v) is 3.52. The molecule has 1 aromatic heterocycles. The Hall–Kier alpha value is -2.56. The molecule has 0 unspecified atom stereocenters. The SMILES string of the molecule is COC(=O)C(Cc1c[nH]c2c(CC=C(C)C)cccc12)=NO. The van der Waals surface area contributed by atoms with Crippen molar-refractivity contribution in [2.75, 3.05) is 7.11 Å². The minimum atomic E-state index is -0.627. The number of nitrogens with one attached hydrogen (secondary N) is 1. The Balaban J connectivity index is 2.36. The molecule has 0 saturated heterocycles. The Bertz CT molecular complexity index is 737. The quantitative estimate of drug-likeness (QED) is 0.293. The van der Waals surface area contributed by atoms with E-state index in [2.05, 4.69) is 40.9 Å². The summed E-state index contributed by atoms with van der Waals surface area (Å²) in [6, 6.07) is 6.05. The number of esters is 1. The maximum Gasteiger partial charge on any atom is 0.356 e. The molecule has 0 atom stereocenters. The molecule has 5 nitrogen and oxygen atoms in total. The monoisotopic (exact) mass is 300 g/mol. The number of allylic oxidation sites excluding steroid dienone is 2. The van der Waals surface area contributed by atoms with E-state index in [1.165, 1.54) is 18.2 Å². The predicted octanol–water partition coefficient (Wildman–Crippen LogP) is 3.22. The number of aromatic nitrogens is 1. The molecule has 2 N–H and O–H groups in total. The van der Waals surface area contributed by atoms with Gasteiger partial charge in [-0.05, 0) is 31.4 Å². The second-order valence-corrected chi connectivity index (χ2v) is 5.35. The average molecular weight is 300 g/mol. The van der Waals surface area contributed by atoms with Crippen LogP contribution in [0.3, 0.4) is 0 Å². The van der Waals surface area contributed by atoms with E-state index in [4.69, 9.17) is 5.21 Å². The van der Waals surface area contributed by atoms with Gasteiger partial charge in [0.25, 0.3) is 0 Å². The molecule has 2 rings (SSSR count). The number of carbonyl (C=O) groups excluding carboxylic acids is 1. The number of oxime groups is 1. The molecule has 1 aromatic carbocycles. The van der Waals surface area contributed by atoms with Crippen LogP contribution in [0.4, 0.5) is 0 Å². The summed E-state index contributed by atoms with van der Waals surface area (Å²) >= 11 is 0. The summed E-state index contributed by atoms with van der Waals surface area (Å²) in [5.41, 5.74) is 4.37. The van der Waals surface area contributed by atoms with Gasteiger partial charge in [0.15, 0.2) is 5.71 Å². The van der Waals surface area contributed by atoms with Crippen LogP contribution >= 0.6 is 0 Å². The summed E-state index contributed by atoms with van der Waals surface area (Å²) in [4.78, 5) is 14.8. The van der Waals surface area contributed by atoms with Crippen LogP contribution in [0.2, 0.25) is 0 Å². The highest BCUT2D eigenvalue weighted by atomic mass is 16.5. The van der Waals surface area contributed by atoms with Crippen molar-refractivity contribution in [3.63, 3.8) is 0 Å². The summed E-state index contributed by atoms with van der Waals surface area (Å²) < 4.78 is 4.61. The largest absolute Gasteiger partial charge is 0.464 e. The molecule has 5 heteroatoms. The lowest BCUT2D eigenvalue weighted by Gasteiger charge is -2.03. The number of fused-ring (bicyclic) bond motifs is 1. The van der Waals surface area contributed by atoms with E-state index in [1.807, 2.05) is 18.3 Å². The lowest BCUT2D eigenvalue weighted by Crippen LogP contribution is -2.18. The number of para-hydroxylation sites is 1. The fraction of sp³-hybridized carbons (Fsp3) is 0.294. The van der Waals surface area contributed by atoms with E-state index in [-0.39, 0.29) is 12.1 Å². The van der Waals surface area contributed by atoms with Crippen LogP contribution < -0.4 is 0 Å². The average Bonchev–Trinajstić information content (AvgIpc) is 2.93. The molecule has 116 valence electrons. The summed E-state index contributed by atoms with van der Waals surface area (Å²) in [5.74, 6) is -0.627. The standard InChI is InChI=1S/C17H20N2O3/c1-11(2)7-8-12-5-4-6-14-13(10-18-16(12)14)9-15(19-21)17(20)22-3/h4-7,10,18,21H,8-9H2,1-3H3. The fourth-order valence-corrected chi connectivity index (χ4v) is 2.35. The molecule has 0 fully saturated rings. The molecular formula is C17H20N2O3. The highest BCUT2D eigenvalue weighted by molar-refractivity contribution is 6.37. The molecule has 0 aliphatic heterocycles. The molecule has 0 radical (unpaired) electrons. The second-order valence-electron chi connectivity index (χ2n) is 5.35. The molecule has 0 spiro atoms. The van der Waals surface area contributed by atoms with Crippen molar-refractivity contribution in [3.8, 4) is 0 Å². The number of rotatable bonds is 5. The number of benzene rings is 1. The van der Waals surface area contributed by atoms with Crippen molar-refractivity contribution in [1.29, 1.82) is 0 Å². The summed E-state index contributed by atoms with van der Waals surface area (Å²) in [6.07, 6.45) is 5.07. The van der Waals surface area contributed by atoms with Gasteiger partial charge in [-0.2, -0.15) is 0 Å². The zero-order valence-corrected chi connectivity index (χ0v) is 13.0. The van der Waals surface area contributed by atoms with E-state index < -0.39 is 5.97 Å². The van der Waals surface area contributed by atoms with Crippen LogP contribution in [0, 0.1) is 0 Å². The third kappa shape index (κ3) is 3.36. The number of hydrogen-bond donors (Lipinski definition) is 2. The van der Waals surface area contributed by atoms with Crippen LogP contribution in [0.5, 0.6) is 0 Å². The Morgan fingerprint density at radius 3 is 2.77 bits per heavy atom. The highest BCUT2D eigenvalue weighted by Gasteiger charge is 2.16. The van der Waals surface area contributed by atoms with Crippen LogP contribution in [-0.2, 0) is 22.4 Å². The first-order chi connectivity index (χ1) is 10.6. The van der Waals surface area contributed by atoms with Gasteiger partial charge >= 0.3 is 5.97 Å². The Morgan fingerprint density at radius 2 is 2.14 bits per heavy atom.